The molecule has 0 radical (unpaired) electrons. The van der Waals surface area contributed by atoms with Crippen molar-refractivity contribution in [2.75, 3.05) is 5.73 Å². The molecule has 0 unspecified atom stereocenters. The van der Waals surface area contributed by atoms with E-state index in [1.54, 1.807) is 0 Å². The van der Waals surface area contributed by atoms with Crippen LogP contribution in [0, 0.1) is 0 Å². The number of nitrogens with two attached hydrogens (primary N) is 1. The summed E-state index contributed by atoms with van der Waals surface area (Å²) in [5.74, 6) is 0.526. The molecule has 2 heterocycles. The van der Waals surface area contributed by atoms with E-state index in [1.807, 2.05) is 24.4 Å². The summed E-state index contributed by atoms with van der Waals surface area (Å²) >= 11 is 0. The Balaban J connectivity index is 2.05. The maximum absolute atomic E-state index is 5.95. The van der Waals surface area contributed by atoms with E-state index in [0.29, 0.717) is 5.82 Å². The third-order valence-corrected chi connectivity index (χ3v) is 3.37. The SMILES string of the molecule is Nc1n[nH]c2cccc(-c3ccc4[nH]ncc4c3)c12. The minimum atomic E-state index is 0.526. The van der Waals surface area contributed by atoms with Crippen molar-refractivity contribution in [2.24, 2.45) is 0 Å². The monoisotopic (exact) mass is 249 g/mol. The quantitative estimate of drug-likeness (QED) is 0.485. The highest BCUT2D eigenvalue weighted by molar-refractivity contribution is 6.02. The molecule has 92 valence electrons. The number of anilines is 1. The van der Waals surface area contributed by atoms with Crippen LogP contribution >= 0.6 is 0 Å². The van der Waals surface area contributed by atoms with Crippen LogP contribution in [0.3, 0.4) is 0 Å². The fourth-order valence-electron chi connectivity index (χ4n) is 2.45. The van der Waals surface area contributed by atoms with E-state index in [4.69, 9.17) is 5.73 Å². The van der Waals surface area contributed by atoms with Crippen molar-refractivity contribution < 1.29 is 0 Å². The minimum Gasteiger partial charge on any atom is -0.382 e. The number of nitrogens with zero attached hydrogens (tertiary/aromatic N) is 2. The number of rotatable bonds is 1. The second-order valence-corrected chi connectivity index (χ2v) is 4.51. The van der Waals surface area contributed by atoms with Gasteiger partial charge in [0.2, 0.25) is 0 Å². The molecule has 0 fully saturated rings. The Kier molecular flexibility index (Phi) is 1.91. The number of hydrogen-bond acceptors (Lipinski definition) is 3. The first-order valence-electron chi connectivity index (χ1n) is 5.99. The smallest absolute Gasteiger partial charge is 0.153 e. The van der Waals surface area contributed by atoms with Gasteiger partial charge in [0.1, 0.15) is 0 Å². The van der Waals surface area contributed by atoms with Crippen LogP contribution in [0.1, 0.15) is 0 Å². The number of aromatic amines is 2. The topological polar surface area (TPSA) is 83.4 Å². The van der Waals surface area contributed by atoms with Gasteiger partial charge in [-0.05, 0) is 29.3 Å². The predicted octanol–water partition coefficient (Wildman–Crippen LogP) is 2.69. The molecular formula is C14H11N5. The molecule has 0 spiro atoms. The first kappa shape index (κ1) is 10.1. The molecule has 5 heteroatoms. The zero-order valence-electron chi connectivity index (χ0n) is 10.0. The van der Waals surface area contributed by atoms with Crippen molar-refractivity contribution in [3.05, 3.63) is 42.6 Å². The maximum atomic E-state index is 5.95. The first-order chi connectivity index (χ1) is 9.33. The fraction of sp³-hybridized carbons (Fsp3) is 0. The summed E-state index contributed by atoms with van der Waals surface area (Å²) in [6.45, 7) is 0. The van der Waals surface area contributed by atoms with Crippen LogP contribution < -0.4 is 5.73 Å². The summed E-state index contributed by atoms with van der Waals surface area (Å²) in [7, 11) is 0. The summed E-state index contributed by atoms with van der Waals surface area (Å²) in [5.41, 5.74) is 10.1. The molecule has 0 aliphatic rings. The molecular weight excluding hydrogens is 238 g/mol. The molecule has 0 amide bonds. The summed E-state index contributed by atoms with van der Waals surface area (Å²) in [6.07, 6.45) is 1.82. The Morgan fingerprint density at radius 1 is 1.00 bits per heavy atom. The van der Waals surface area contributed by atoms with Gasteiger partial charge in [-0.2, -0.15) is 10.2 Å². The van der Waals surface area contributed by atoms with E-state index in [9.17, 15) is 0 Å². The van der Waals surface area contributed by atoms with Gasteiger partial charge in [0.15, 0.2) is 5.82 Å². The van der Waals surface area contributed by atoms with E-state index >= 15 is 0 Å². The predicted molar refractivity (Wildman–Crippen MR) is 75.6 cm³/mol. The van der Waals surface area contributed by atoms with Gasteiger partial charge in [-0.3, -0.25) is 10.2 Å². The van der Waals surface area contributed by atoms with Crippen molar-refractivity contribution >= 4 is 27.6 Å². The lowest BCUT2D eigenvalue weighted by atomic mass is 10.0. The summed E-state index contributed by atoms with van der Waals surface area (Å²) < 4.78 is 0. The molecule has 19 heavy (non-hydrogen) atoms. The number of benzene rings is 2. The van der Waals surface area contributed by atoms with Crippen LogP contribution in [0.25, 0.3) is 32.9 Å². The highest BCUT2D eigenvalue weighted by atomic mass is 15.1. The van der Waals surface area contributed by atoms with Gasteiger partial charge in [0.05, 0.1) is 22.6 Å². The van der Waals surface area contributed by atoms with Crippen LogP contribution in [0.4, 0.5) is 5.82 Å². The Hall–Kier alpha value is -2.82. The maximum Gasteiger partial charge on any atom is 0.153 e. The third-order valence-electron chi connectivity index (χ3n) is 3.37. The van der Waals surface area contributed by atoms with Crippen LogP contribution in [0.15, 0.2) is 42.6 Å². The van der Waals surface area contributed by atoms with Gasteiger partial charge < -0.3 is 5.73 Å². The number of hydrogen-bond donors (Lipinski definition) is 3. The lowest BCUT2D eigenvalue weighted by molar-refractivity contribution is 1.12. The number of fused-ring (bicyclic) bond motifs is 2. The lowest BCUT2D eigenvalue weighted by Crippen LogP contribution is -1.86. The van der Waals surface area contributed by atoms with Crippen molar-refractivity contribution in [2.45, 2.75) is 0 Å². The zero-order chi connectivity index (χ0) is 12.8. The van der Waals surface area contributed by atoms with Crippen molar-refractivity contribution in [1.82, 2.24) is 20.4 Å². The number of aromatic nitrogens is 4. The second kappa shape index (κ2) is 3.58. The Morgan fingerprint density at radius 2 is 1.95 bits per heavy atom. The average Bonchev–Trinajstić information content (AvgIpc) is 3.05. The van der Waals surface area contributed by atoms with Gasteiger partial charge in [-0.1, -0.05) is 18.2 Å². The number of nitrogen functional groups attached to an aromatic ring is 1. The van der Waals surface area contributed by atoms with E-state index in [1.165, 1.54) is 0 Å². The summed E-state index contributed by atoms with van der Waals surface area (Å²) in [5, 5.41) is 16.0. The molecule has 5 nitrogen and oxygen atoms in total. The largest absolute Gasteiger partial charge is 0.382 e. The van der Waals surface area contributed by atoms with Gasteiger partial charge in [0, 0.05) is 5.39 Å². The van der Waals surface area contributed by atoms with E-state index in [-0.39, 0.29) is 0 Å². The van der Waals surface area contributed by atoms with E-state index in [0.717, 1.165) is 32.9 Å². The number of H-pyrrole nitrogens is 2. The molecule has 0 saturated heterocycles. The van der Waals surface area contributed by atoms with Crippen LogP contribution in [-0.4, -0.2) is 20.4 Å². The molecule has 4 aromatic rings. The normalized spacial score (nSPS) is 11.4. The van der Waals surface area contributed by atoms with Crippen molar-refractivity contribution in [3.63, 3.8) is 0 Å². The minimum absolute atomic E-state index is 0.526. The highest BCUT2D eigenvalue weighted by Crippen LogP contribution is 2.32. The molecule has 2 aromatic heterocycles. The molecule has 0 saturated carbocycles. The summed E-state index contributed by atoms with van der Waals surface area (Å²) in [4.78, 5) is 0. The Labute approximate surface area is 108 Å². The van der Waals surface area contributed by atoms with Gasteiger partial charge >= 0.3 is 0 Å². The van der Waals surface area contributed by atoms with Gasteiger partial charge in [-0.15, -0.1) is 0 Å². The average molecular weight is 249 g/mol. The molecule has 4 rings (SSSR count). The van der Waals surface area contributed by atoms with Gasteiger partial charge in [-0.25, -0.2) is 0 Å². The molecule has 2 aromatic carbocycles. The van der Waals surface area contributed by atoms with E-state index < -0.39 is 0 Å². The van der Waals surface area contributed by atoms with Crippen LogP contribution in [-0.2, 0) is 0 Å². The summed E-state index contributed by atoms with van der Waals surface area (Å²) in [6, 6.07) is 12.2. The molecule has 0 aliphatic carbocycles. The first-order valence-corrected chi connectivity index (χ1v) is 5.99. The van der Waals surface area contributed by atoms with Crippen LogP contribution in [0.5, 0.6) is 0 Å². The Morgan fingerprint density at radius 3 is 2.89 bits per heavy atom. The Bertz CT molecular complexity index is 887. The molecule has 4 N–H and O–H groups in total. The molecule has 0 atom stereocenters. The molecule has 0 aliphatic heterocycles. The van der Waals surface area contributed by atoms with Gasteiger partial charge in [0.25, 0.3) is 0 Å². The van der Waals surface area contributed by atoms with E-state index in [2.05, 4.69) is 38.6 Å². The van der Waals surface area contributed by atoms with Crippen molar-refractivity contribution in [3.8, 4) is 11.1 Å². The highest BCUT2D eigenvalue weighted by Gasteiger charge is 2.10. The third kappa shape index (κ3) is 1.41. The second-order valence-electron chi connectivity index (χ2n) is 4.51. The fourth-order valence-corrected chi connectivity index (χ4v) is 2.45. The lowest BCUT2D eigenvalue weighted by Gasteiger charge is -2.04. The number of nitrogens with one attached hydrogen (secondary N) is 2. The zero-order valence-corrected chi connectivity index (χ0v) is 10.0. The van der Waals surface area contributed by atoms with Crippen LogP contribution in [0.2, 0.25) is 0 Å². The standard InChI is InChI=1S/C14H11N5/c15-14-13-10(2-1-3-12(13)18-19-14)8-4-5-11-9(6-8)7-16-17-11/h1-7H,(H,16,17)(H3,15,18,19). The molecule has 0 bridgehead atoms. The van der Waals surface area contributed by atoms with Crippen molar-refractivity contribution in [1.29, 1.82) is 0 Å².